The van der Waals surface area contributed by atoms with Crippen molar-refractivity contribution in [3.05, 3.63) is 0 Å². The second-order valence-corrected chi connectivity index (χ2v) is 6.88. The fraction of sp³-hybridized carbons (Fsp3) is 1.00. The van der Waals surface area contributed by atoms with E-state index in [1.54, 1.807) is 0 Å². The van der Waals surface area contributed by atoms with Crippen LogP contribution >= 0.6 is 30.3 Å². The fourth-order valence-corrected chi connectivity index (χ4v) is 4.07. The largest absolute Gasteiger partial charge is 0.306 e. The molecule has 2 rings (SSSR count). The average Bonchev–Trinajstić information content (AvgIpc) is 2.33. The Balaban J connectivity index is 1.66. The van der Waals surface area contributed by atoms with Gasteiger partial charge < -0.3 is 9.80 Å². The molecule has 0 aliphatic carbocycles. The van der Waals surface area contributed by atoms with Gasteiger partial charge in [0.25, 0.3) is 0 Å². The zero-order valence-electron chi connectivity index (χ0n) is 10.1. The fourth-order valence-electron chi connectivity index (χ4n) is 2.59. The molecule has 2 aliphatic rings. The Hall–Kier alpha value is 0.960. The average molecular weight is 355 g/mol. The first-order valence-electron chi connectivity index (χ1n) is 6.22. The molecule has 3 nitrogen and oxygen atoms in total. The topological polar surface area (TPSA) is 9.72 Å². The number of piperazine rings is 1. The van der Waals surface area contributed by atoms with E-state index in [0.29, 0.717) is 0 Å². The van der Waals surface area contributed by atoms with Crippen LogP contribution in [0.15, 0.2) is 0 Å². The van der Waals surface area contributed by atoms with Crippen LogP contribution in [0.2, 0.25) is 0 Å². The van der Waals surface area contributed by atoms with Crippen molar-refractivity contribution in [3.63, 3.8) is 0 Å². The highest BCUT2D eigenvalue weighted by molar-refractivity contribution is 14.2. The van der Waals surface area contributed by atoms with Crippen LogP contribution in [-0.4, -0.2) is 67.0 Å². The van der Waals surface area contributed by atoms with Gasteiger partial charge in [0.2, 0.25) is 0 Å². The van der Waals surface area contributed by atoms with E-state index in [2.05, 4.69) is 42.4 Å². The molecule has 16 heavy (non-hydrogen) atoms. The molecule has 0 unspecified atom stereocenters. The first kappa shape index (κ1) is 13.4. The van der Waals surface area contributed by atoms with Crippen LogP contribution in [0.3, 0.4) is 0 Å². The number of piperidine rings is 1. The number of likely N-dealkylation sites (tertiary alicyclic amines) is 1. The van der Waals surface area contributed by atoms with Crippen LogP contribution in [0.25, 0.3) is 0 Å². The van der Waals surface area contributed by atoms with Crippen molar-refractivity contribution in [3.8, 4) is 0 Å². The summed E-state index contributed by atoms with van der Waals surface area (Å²) in [5, 5.41) is 0. The van der Waals surface area contributed by atoms with Crippen molar-refractivity contribution >= 4 is 30.3 Å². The maximum Gasteiger partial charge on any atom is 0.0225 e. The van der Waals surface area contributed by atoms with Gasteiger partial charge in [-0.3, -0.25) is 0 Å². The quantitative estimate of drug-likeness (QED) is 0.565. The Morgan fingerprint density at radius 2 is 1.69 bits per heavy atom. The molecule has 2 aliphatic heterocycles. The Labute approximate surface area is 116 Å². The minimum atomic E-state index is 0.954. The lowest BCUT2D eigenvalue weighted by Crippen LogP contribution is -2.46. The van der Waals surface area contributed by atoms with E-state index >= 15 is 0 Å². The third kappa shape index (κ3) is 4.01. The molecule has 0 aromatic heterocycles. The molecular weight excluding hydrogens is 333 g/mol. The predicted molar refractivity (Wildman–Crippen MR) is 79.8 cm³/mol. The monoisotopic (exact) mass is 355 g/mol. The van der Waals surface area contributed by atoms with E-state index in [0.717, 1.165) is 5.92 Å². The van der Waals surface area contributed by atoms with Crippen molar-refractivity contribution in [1.82, 2.24) is 14.1 Å². The molecule has 0 aromatic rings. The summed E-state index contributed by atoms with van der Waals surface area (Å²) < 4.78 is 2.46. The molecule has 2 saturated heterocycles. The van der Waals surface area contributed by atoms with Gasteiger partial charge in [0.05, 0.1) is 0 Å². The van der Waals surface area contributed by atoms with Gasteiger partial charge in [0.1, 0.15) is 0 Å². The summed E-state index contributed by atoms with van der Waals surface area (Å²) in [5.74, 6) is 0.954. The lowest BCUT2D eigenvalue weighted by Gasteiger charge is -2.37. The molecule has 0 amide bonds. The van der Waals surface area contributed by atoms with Crippen molar-refractivity contribution in [2.45, 2.75) is 12.8 Å². The molecule has 0 N–H and O–H groups in total. The van der Waals surface area contributed by atoms with Crippen molar-refractivity contribution in [2.75, 3.05) is 52.9 Å². The van der Waals surface area contributed by atoms with Crippen LogP contribution in [-0.2, 0) is 0 Å². The van der Waals surface area contributed by atoms with Gasteiger partial charge in [-0.25, -0.2) is 4.31 Å². The molecule has 94 valence electrons. The molecule has 0 atom stereocenters. The van der Waals surface area contributed by atoms with Gasteiger partial charge in [-0.05, 0) is 48.0 Å². The smallest absolute Gasteiger partial charge is 0.0225 e. The highest BCUT2D eigenvalue weighted by Gasteiger charge is 2.22. The molecule has 2 heterocycles. The van der Waals surface area contributed by atoms with E-state index in [9.17, 15) is 0 Å². The Bertz CT molecular complexity index is 201. The summed E-state index contributed by atoms with van der Waals surface area (Å²) in [4.78, 5) is 5.13. The zero-order valence-corrected chi connectivity index (χ0v) is 13.0. The molecule has 0 radical (unpaired) electrons. The summed E-state index contributed by atoms with van der Waals surface area (Å²) in [6.07, 6.45) is 2.80. The minimum Gasteiger partial charge on any atom is -0.306 e. The van der Waals surface area contributed by atoms with Crippen LogP contribution in [0.5, 0.6) is 0 Å². The molecule has 0 spiro atoms. The van der Waals surface area contributed by atoms with E-state index in [4.69, 9.17) is 0 Å². The summed E-state index contributed by atoms with van der Waals surface area (Å²) in [6.45, 7) is 8.95. The van der Waals surface area contributed by atoms with E-state index in [-0.39, 0.29) is 0 Å². The standard InChI is InChI=1S/C11H22IN3S/c1-13-4-2-11(3-5-13)10-14-6-8-15(16-12)9-7-14/h11H,2-10H2,1H3. The molecule has 2 fully saturated rings. The van der Waals surface area contributed by atoms with Crippen LogP contribution in [0, 0.1) is 5.92 Å². The highest BCUT2D eigenvalue weighted by Crippen LogP contribution is 2.22. The zero-order chi connectivity index (χ0) is 11.4. The number of halogens is 1. The van der Waals surface area contributed by atoms with Crippen LogP contribution in [0.4, 0.5) is 0 Å². The van der Waals surface area contributed by atoms with Crippen molar-refractivity contribution < 1.29 is 0 Å². The van der Waals surface area contributed by atoms with Crippen LogP contribution in [0.1, 0.15) is 12.8 Å². The summed E-state index contributed by atoms with van der Waals surface area (Å²) >= 11 is 2.39. The normalized spacial score (nSPS) is 27.4. The maximum atomic E-state index is 2.67. The number of rotatable bonds is 3. The third-order valence-electron chi connectivity index (χ3n) is 3.78. The second kappa shape index (κ2) is 6.78. The molecule has 0 bridgehead atoms. The van der Waals surface area contributed by atoms with Gasteiger partial charge in [0, 0.05) is 53.9 Å². The third-order valence-corrected chi connectivity index (χ3v) is 6.01. The predicted octanol–water partition coefficient (Wildman–Crippen LogP) is 1.94. The molecular formula is C11H22IN3S. The van der Waals surface area contributed by atoms with Crippen LogP contribution < -0.4 is 0 Å². The lowest BCUT2D eigenvalue weighted by molar-refractivity contribution is 0.134. The number of hydrogen-bond acceptors (Lipinski definition) is 4. The van der Waals surface area contributed by atoms with E-state index < -0.39 is 0 Å². The summed E-state index contributed by atoms with van der Waals surface area (Å²) in [7, 11) is 4.11. The highest BCUT2D eigenvalue weighted by atomic mass is 127. The lowest BCUT2D eigenvalue weighted by atomic mass is 9.96. The SMILES string of the molecule is CN1CCC(CN2CCN(SI)CC2)CC1. The Morgan fingerprint density at radius 3 is 2.25 bits per heavy atom. The number of nitrogens with zero attached hydrogens (tertiary/aromatic N) is 3. The van der Waals surface area contributed by atoms with E-state index in [1.807, 2.05) is 9.12 Å². The minimum absolute atomic E-state index is 0.954. The first-order chi connectivity index (χ1) is 7.78. The van der Waals surface area contributed by atoms with Gasteiger partial charge >= 0.3 is 0 Å². The Kier molecular flexibility index (Phi) is 5.67. The summed E-state index contributed by atoms with van der Waals surface area (Å²) in [5.41, 5.74) is 0. The van der Waals surface area contributed by atoms with Gasteiger partial charge in [0.15, 0.2) is 0 Å². The van der Waals surface area contributed by atoms with Gasteiger partial charge in [-0.1, -0.05) is 0 Å². The first-order valence-corrected chi connectivity index (χ1v) is 9.54. The Morgan fingerprint density at radius 1 is 1.06 bits per heavy atom. The van der Waals surface area contributed by atoms with Crippen molar-refractivity contribution in [2.24, 2.45) is 5.92 Å². The number of hydrogen-bond donors (Lipinski definition) is 0. The summed E-state index contributed by atoms with van der Waals surface area (Å²) in [6, 6.07) is 0. The second-order valence-electron chi connectivity index (χ2n) is 5.05. The van der Waals surface area contributed by atoms with Gasteiger partial charge in [-0.2, -0.15) is 0 Å². The van der Waals surface area contributed by atoms with E-state index in [1.165, 1.54) is 58.7 Å². The van der Waals surface area contributed by atoms with Gasteiger partial charge in [-0.15, -0.1) is 0 Å². The molecule has 0 saturated carbocycles. The molecule has 5 heteroatoms. The molecule has 0 aromatic carbocycles. The maximum absolute atomic E-state index is 2.67. The van der Waals surface area contributed by atoms with Crippen molar-refractivity contribution in [1.29, 1.82) is 0 Å².